The smallest absolute Gasteiger partial charge is 0.269 e. The van der Waals surface area contributed by atoms with Gasteiger partial charge in [0.25, 0.3) is 5.91 Å². The zero-order valence-corrected chi connectivity index (χ0v) is 14.4. The lowest BCUT2D eigenvalue weighted by Gasteiger charge is -2.28. The molecule has 1 aliphatic heterocycles. The van der Waals surface area contributed by atoms with Crippen LogP contribution in [0.4, 0.5) is 5.69 Å². The Labute approximate surface area is 147 Å². The van der Waals surface area contributed by atoms with Gasteiger partial charge in [-0.2, -0.15) is 0 Å². The zero-order chi connectivity index (χ0) is 16.8. The molecule has 3 rings (SSSR count). The molecular weight excluding hydrogens is 322 g/mol. The highest BCUT2D eigenvalue weighted by molar-refractivity contribution is 6.30. The molecule has 0 saturated carbocycles. The van der Waals surface area contributed by atoms with Crippen LogP contribution >= 0.6 is 11.6 Å². The van der Waals surface area contributed by atoms with Gasteiger partial charge in [0, 0.05) is 36.5 Å². The number of rotatable bonds is 5. The van der Waals surface area contributed by atoms with Gasteiger partial charge in [-0.15, -0.1) is 0 Å². The predicted molar refractivity (Wildman–Crippen MR) is 97.8 cm³/mol. The normalized spacial score (nSPS) is 14.5. The van der Waals surface area contributed by atoms with E-state index >= 15 is 0 Å². The largest absolute Gasteiger partial charge is 0.371 e. The van der Waals surface area contributed by atoms with E-state index in [1.807, 2.05) is 36.4 Å². The number of piperidine rings is 1. The molecule has 1 aliphatic rings. The van der Waals surface area contributed by atoms with Crippen molar-refractivity contribution < 1.29 is 4.79 Å². The zero-order valence-electron chi connectivity index (χ0n) is 13.7. The first-order valence-corrected chi connectivity index (χ1v) is 8.84. The molecule has 24 heavy (non-hydrogen) atoms. The molecule has 2 aromatic rings. The molecule has 2 heterocycles. The van der Waals surface area contributed by atoms with Gasteiger partial charge in [-0.05, 0) is 55.5 Å². The Kier molecular flexibility index (Phi) is 5.70. The molecule has 1 fully saturated rings. The molecule has 5 heteroatoms. The highest BCUT2D eigenvalue weighted by Gasteiger charge is 2.13. The van der Waals surface area contributed by atoms with Crippen LogP contribution in [0.15, 0.2) is 42.6 Å². The first-order chi connectivity index (χ1) is 11.7. The lowest BCUT2D eigenvalue weighted by Crippen LogP contribution is -2.30. The summed E-state index contributed by atoms with van der Waals surface area (Å²) >= 11 is 5.87. The van der Waals surface area contributed by atoms with E-state index in [9.17, 15) is 4.79 Å². The third-order valence-corrected chi connectivity index (χ3v) is 4.56. The number of benzene rings is 1. The van der Waals surface area contributed by atoms with Gasteiger partial charge in [0.1, 0.15) is 5.69 Å². The molecule has 0 radical (unpaired) electrons. The number of carbonyl (C=O) groups excluding carboxylic acids is 1. The summed E-state index contributed by atoms with van der Waals surface area (Å²) in [6, 6.07) is 11.6. The number of nitrogens with one attached hydrogen (secondary N) is 1. The van der Waals surface area contributed by atoms with Crippen LogP contribution in [0.5, 0.6) is 0 Å². The highest BCUT2D eigenvalue weighted by atomic mass is 35.5. The SMILES string of the molecule is O=C(NCCc1ccc(Cl)cc1)c1cc(N2CCCCC2)ccn1. The average Bonchev–Trinajstić information content (AvgIpc) is 2.64. The Balaban J connectivity index is 1.55. The van der Waals surface area contributed by atoms with E-state index in [0.29, 0.717) is 12.2 Å². The fourth-order valence-corrected chi connectivity index (χ4v) is 3.08. The lowest BCUT2D eigenvalue weighted by molar-refractivity contribution is 0.0949. The minimum absolute atomic E-state index is 0.122. The van der Waals surface area contributed by atoms with Gasteiger partial charge >= 0.3 is 0 Å². The lowest BCUT2D eigenvalue weighted by atomic mass is 10.1. The number of carbonyl (C=O) groups is 1. The van der Waals surface area contributed by atoms with E-state index in [2.05, 4.69) is 15.2 Å². The standard InChI is InChI=1S/C19H22ClN3O/c20-16-6-4-15(5-7-16)8-10-22-19(24)18-14-17(9-11-21-18)23-12-2-1-3-13-23/h4-7,9,11,14H,1-3,8,10,12-13H2,(H,22,24). The Morgan fingerprint density at radius 2 is 1.88 bits per heavy atom. The van der Waals surface area contributed by atoms with Crippen molar-refractivity contribution >= 4 is 23.2 Å². The molecule has 0 aliphatic carbocycles. The Morgan fingerprint density at radius 3 is 2.62 bits per heavy atom. The van der Waals surface area contributed by atoms with Crippen molar-refractivity contribution in [1.29, 1.82) is 0 Å². The molecule has 4 nitrogen and oxygen atoms in total. The second kappa shape index (κ2) is 8.15. The quantitative estimate of drug-likeness (QED) is 0.900. The number of anilines is 1. The highest BCUT2D eigenvalue weighted by Crippen LogP contribution is 2.19. The molecule has 126 valence electrons. The molecule has 0 unspecified atom stereocenters. The Hall–Kier alpha value is -2.07. The number of halogens is 1. The summed E-state index contributed by atoms with van der Waals surface area (Å²) in [5.41, 5.74) is 2.72. The minimum atomic E-state index is -0.122. The van der Waals surface area contributed by atoms with E-state index in [-0.39, 0.29) is 5.91 Å². The molecule has 0 spiro atoms. The molecule has 1 aromatic carbocycles. The second-order valence-corrected chi connectivity index (χ2v) is 6.52. The van der Waals surface area contributed by atoms with Gasteiger partial charge in [-0.25, -0.2) is 0 Å². The van der Waals surface area contributed by atoms with E-state index in [1.54, 1.807) is 6.20 Å². The van der Waals surface area contributed by atoms with Crippen LogP contribution in [-0.2, 0) is 6.42 Å². The van der Waals surface area contributed by atoms with Crippen molar-refractivity contribution in [2.24, 2.45) is 0 Å². The number of aromatic nitrogens is 1. The third kappa shape index (κ3) is 4.48. The van der Waals surface area contributed by atoms with Crippen LogP contribution in [-0.4, -0.2) is 30.5 Å². The number of pyridine rings is 1. The van der Waals surface area contributed by atoms with E-state index in [0.717, 1.165) is 35.8 Å². The molecule has 0 atom stereocenters. The molecule has 0 bridgehead atoms. The summed E-state index contributed by atoms with van der Waals surface area (Å²) < 4.78 is 0. The van der Waals surface area contributed by atoms with Crippen molar-refractivity contribution in [2.45, 2.75) is 25.7 Å². The van der Waals surface area contributed by atoms with Crippen LogP contribution in [0.1, 0.15) is 35.3 Å². The summed E-state index contributed by atoms with van der Waals surface area (Å²) in [5.74, 6) is -0.122. The van der Waals surface area contributed by atoms with Crippen LogP contribution in [0.25, 0.3) is 0 Å². The predicted octanol–water partition coefficient (Wildman–Crippen LogP) is 3.70. The molecule has 1 N–H and O–H groups in total. The van der Waals surface area contributed by atoms with Crippen molar-refractivity contribution in [1.82, 2.24) is 10.3 Å². The van der Waals surface area contributed by atoms with Crippen LogP contribution in [0, 0.1) is 0 Å². The second-order valence-electron chi connectivity index (χ2n) is 6.08. The van der Waals surface area contributed by atoms with Crippen LogP contribution in [0.2, 0.25) is 5.02 Å². The monoisotopic (exact) mass is 343 g/mol. The number of nitrogens with zero attached hydrogens (tertiary/aromatic N) is 2. The first-order valence-electron chi connectivity index (χ1n) is 8.46. The van der Waals surface area contributed by atoms with Gasteiger partial charge < -0.3 is 10.2 Å². The van der Waals surface area contributed by atoms with Crippen molar-refractivity contribution in [3.63, 3.8) is 0 Å². The molecule has 1 saturated heterocycles. The maximum Gasteiger partial charge on any atom is 0.269 e. The number of hydrogen-bond acceptors (Lipinski definition) is 3. The van der Waals surface area contributed by atoms with E-state index in [1.165, 1.54) is 19.3 Å². The third-order valence-electron chi connectivity index (χ3n) is 4.31. The van der Waals surface area contributed by atoms with Gasteiger partial charge in [0.15, 0.2) is 0 Å². The van der Waals surface area contributed by atoms with Crippen LogP contribution < -0.4 is 10.2 Å². The van der Waals surface area contributed by atoms with Gasteiger partial charge in [-0.3, -0.25) is 9.78 Å². The maximum atomic E-state index is 12.3. The number of amides is 1. The summed E-state index contributed by atoms with van der Waals surface area (Å²) in [4.78, 5) is 18.9. The van der Waals surface area contributed by atoms with Gasteiger partial charge in [0.2, 0.25) is 0 Å². The van der Waals surface area contributed by atoms with E-state index in [4.69, 9.17) is 11.6 Å². The fourth-order valence-electron chi connectivity index (χ4n) is 2.95. The van der Waals surface area contributed by atoms with Gasteiger partial charge in [-0.1, -0.05) is 23.7 Å². The number of hydrogen-bond donors (Lipinski definition) is 1. The van der Waals surface area contributed by atoms with Crippen molar-refractivity contribution in [3.05, 3.63) is 58.9 Å². The topological polar surface area (TPSA) is 45.2 Å². The average molecular weight is 344 g/mol. The van der Waals surface area contributed by atoms with Crippen LogP contribution in [0.3, 0.4) is 0 Å². The van der Waals surface area contributed by atoms with Crippen molar-refractivity contribution in [2.75, 3.05) is 24.5 Å². The van der Waals surface area contributed by atoms with Crippen molar-refractivity contribution in [3.8, 4) is 0 Å². The molecule has 1 amide bonds. The Morgan fingerprint density at radius 1 is 1.12 bits per heavy atom. The molecule has 1 aromatic heterocycles. The van der Waals surface area contributed by atoms with E-state index < -0.39 is 0 Å². The summed E-state index contributed by atoms with van der Waals surface area (Å²) in [6.45, 7) is 2.69. The Bertz CT molecular complexity index is 681. The summed E-state index contributed by atoms with van der Waals surface area (Å²) in [6.07, 6.45) is 6.21. The first kappa shape index (κ1) is 16.8. The molecular formula is C19H22ClN3O. The van der Waals surface area contributed by atoms with Gasteiger partial charge in [0.05, 0.1) is 0 Å². The minimum Gasteiger partial charge on any atom is -0.371 e. The summed E-state index contributed by atoms with van der Waals surface area (Å²) in [7, 11) is 0. The summed E-state index contributed by atoms with van der Waals surface area (Å²) in [5, 5.41) is 3.66. The fraction of sp³-hybridized carbons (Fsp3) is 0.368. The maximum absolute atomic E-state index is 12.3.